The highest BCUT2D eigenvalue weighted by Gasteiger charge is 2.25. The summed E-state index contributed by atoms with van der Waals surface area (Å²) < 4.78 is 0. The Morgan fingerprint density at radius 1 is 1.25 bits per heavy atom. The number of amides is 2. The molecule has 2 N–H and O–H groups in total. The van der Waals surface area contributed by atoms with Gasteiger partial charge in [0.1, 0.15) is 0 Å². The van der Waals surface area contributed by atoms with Crippen molar-refractivity contribution in [2.45, 2.75) is 38.2 Å². The minimum absolute atomic E-state index is 0.145. The Morgan fingerprint density at radius 2 is 2.04 bits per heavy atom. The second-order valence-corrected chi connectivity index (χ2v) is 6.58. The third-order valence-corrected chi connectivity index (χ3v) is 4.86. The number of nitrogens with zero attached hydrogens (tertiary/aromatic N) is 1. The van der Waals surface area contributed by atoms with E-state index in [0.717, 1.165) is 43.5 Å². The van der Waals surface area contributed by atoms with Gasteiger partial charge >= 0.3 is 0 Å². The predicted molar refractivity (Wildman–Crippen MR) is 93.4 cm³/mol. The average molecular weight is 328 g/mol. The molecule has 24 heavy (non-hydrogen) atoms. The highest BCUT2D eigenvalue weighted by Crippen LogP contribution is 2.24. The van der Waals surface area contributed by atoms with E-state index < -0.39 is 0 Å². The first-order chi connectivity index (χ1) is 11.6. The highest BCUT2D eigenvalue weighted by molar-refractivity contribution is 5.95. The molecular formula is C19H24N2O3. The first-order valence-electron chi connectivity index (χ1n) is 8.68. The van der Waals surface area contributed by atoms with Crippen LogP contribution in [0.15, 0.2) is 30.3 Å². The van der Waals surface area contributed by atoms with E-state index >= 15 is 0 Å². The summed E-state index contributed by atoms with van der Waals surface area (Å²) in [7, 11) is 0. The predicted octanol–water partition coefficient (Wildman–Crippen LogP) is 2.10. The fourth-order valence-corrected chi connectivity index (χ4v) is 3.40. The maximum Gasteiger partial charge on any atom is 0.244 e. The third-order valence-electron chi connectivity index (χ3n) is 4.86. The van der Waals surface area contributed by atoms with Gasteiger partial charge in [0.2, 0.25) is 11.8 Å². The molecule has 2 unspecified atom stereocenters. The molecule has 2 amide bonds. The van der Waals surface area contributed by atoms with E-state index in [1.165, 1.54) is 6.08 Å². The van der Waals surface area contributed by atoms with Crippen molar-refractivity contribution >= 4 is 23.6 Å². The summed E-state index contributed by atoms with van der Waals surface area (Å²) in [5.41, 5.74) is 1.83. The average Bonchev–Trinajstić information content (AvgIpc) is 3.20. The topological polar surface area (TPSA) is 69.6 Å². The lowest BCUT2D eigenvalue weighted by molar-refractivity contribution is -0.117. The van der Waals surface area contributed by atoms with Crippen LogP contribution in [-0.2, 0) is 9.59 Å². The number of aliphatic hydroxyl groups excluding tert-OH is 1. The van der Waals surface area contributed by atoms with Gasteiger partial charge in [-0.05, 0) is 43.0 Å². The van der Waals surface area contributed by atoms with Gasteiger partial charge in [-0.25, -0.2) is 0 Å². The van der Waals surface area contributed by atoms with Crippen LogP contribution in [0, 0.1) is 5.92 Å². The number of aliphatic hydroxyl groups is 1. The molecule has 5 heteroatoms. The first kappa shape index (κ1) is 16.7. The molecule has 1 aromatic carbocycles. The van der Waals surface area contributed by atoms with Crippen LogP contribution in [0.2, 0.25) is 0 Å². The molecule has 0 radical (unpaired) electrons. The van der Waals surface area contributed by atoms with E-state index in [0.29, 0.717) is 13.0 Å². The first-order valence-corrected chi connectivity index (χ1v) is 8.68. The zero-order valence-corrected chi connectivity index (χ0v) is 13.8. The van der Waals surface area contributed by atoms with Crippen LogP contribution in [0.4, 0.5) is 5.69 Å². The monoisotopic (exact) mass is 328 g/mol. The summed E-state index contributed by atoms with van der Waals surface area (Å²) in [6.07, 6.45) is 7.37. The molecule has 1 saturated carbocycles. The molecule has 0 bridgehead atoms. The fraction of sp³-hybridized carbons (Fsp3) is 0.474. The van der Waals surface area contributed by atoms with E-state index in [1.807, 2.05) is 24.3 Å². The van der Waals surface area contributed by atoms with Gasteiger partial charge in [0, 0.05) is 37.2 Å². The van der Waals surface area contributed by atoms with Gasteiger partial charge in [-0.1, -0.05) is 18.6 Å². The van der Waals surface area contributed by atoms with Gasteiger partial charge in [-0.3, -0.25) is 9.59 Å². The minimum Gasteiger partial charge on any atom is -0.393 e. The fourth-order valence-electron chi connectivity index (χ4n) is 3.40. The smallest absolute Gasteiger partial charge is 0.244 e. The van der Waals surface area contributed by atoms with Crippen LogP contribution in [0.25, 0.3) is 6.08 Å². The summed E-state index contributed by atoms with van der Waals surface area (Å²) >= 11 is 0. The van der Waals surface area contributed by atoms with Gasteiger partial charge in [-0.2, -0.15) is 0 Å². The van der Waals surface area contributed by atoms with Crippen LogP contribution >= 0.6 is 0 Å². The Kier molecular flexibility index (Phi) is 5.30. The lowest BCUT2D eigenvalue weighted by atomic mass is 10.1. The molecule has 5 nitrogen and oxygen atoms in total. The van der Waals surface area contributed by atoms with Crippen molar-refractivity contribution in [3.63, 3.8) is 0 Å². The summed E-state index contributed by atoms with van der Waals surface area (Å²) in [6.45, 7) is 1.31. The van der Waals surface area contributed by atoms with E-state index in [9.17, 15) is 14.7 Å². The van der Waals surface area contributed by atoms with Crippen molar-refractivity contribution < 1.29 is 14.7 Å². The molecule has 1 aliphatic carbocycles. The molecule has 3 rings (SSSR count). The molecule has 0 aromatic heterocycles. The normalized spacial score (nSPS) is 24.0. The quantitative estimate of drug-likeness (QED) is 0.813. The van der Waals surface area contributed by atoms with E-state index in [-0.39, 0.29) is 23.8 Å². The SMILES string of the molecule is O=C(C=Cc1ccc(N2CCCC2=O)cc1)NCC1CCCC1O. The third kappa shape index (κ3) is 4.03. The molecule has 2 fully saturated rings. The van der Waals surface area contributed by atoms with E-state index in [4.69, 9.17) is 0 Å². The highest BCUT2D eigenvalue weighted by atomic mass is 16.3. The molecule has 1 saturated heterocycles. The molecule has 1 aliphatic heterocycles. The zero-order chi connectivity index (χ0) is 16.9. The number of hydrogen-bond acceptors (Lipinski definition) is 3. The van der Waals surface area contributed by atoms with Gasteiger partial charge in [-0.15, -0.1) is 0 Å². The number of hydrogen-bond donors (Lipinski definition) is 2. The molecule has 1 heterocycles. The van der Waals surface area contributed by atoms with Crippen LogP contribution in [0.3, 0.4) is 0 Å². The molecular weight excluding hydrogens is 304 g/mol. The van der Waals surface area contributed by atoms with Crippen molar-refractivity contribution in [1.29, 1.82) is 0 Å². The van der Waals surface area contributed by atoms with E-state index in [1.54, 1.807) is 11.0 Å². The molecule has 128 valence electrons. The standard InChI is InChI=1S/C19H24N2O3/c22-17-4-1-3-15(17)13-20-18(23)11-8-14-6-9-16(10-7-14)21-12-2-5-19(21)24/h6-11,15,17,22H,1-5,12-13H2,(H,20,23). The van der Waals surface area contributed by atoms with Crippen LogP contribution < -0.4 is 10.2 Å². The van der Waals surface area contributed by atoms with Crippen molar-refractivity contribution in [1.82, 2.24) is 5.32 Å². The summed E-state index contributed by atoms with van der Waals surface area (Å²) in [5.74, 6) is 0.208. The van der Waals surface area contributed by atoms with Crippen LogP contribution in [0.1, 0.15) is 37.7 Å². The Bertz CT molecular complexity index is 624. The van der Waals surface area contributed by atoms with Crippen LogP contribution in [-0.4, -0.2) is 36.1 Å². The van der Waals surface area contributed by atoms with Gasteiger partial charge in [0.05, 0.1) is 6.10 Å². The number of carbonyl (C=O) groups excluding carboxylic acids is 2. The van der Waals surface area contributed by atoms with Gasteiger partial charge in [0.15, 0.2) is 0 Å². The Morgan fingerprint density at radius 3 is 2.67 bits per heavy atom. The molecule has 2 aliphatic rings. The van der Waals surface area contributed by atoms with E-state index in [2.05, 4.69) is 5.32 Å². The maximum atomic E-state index is 11.9. The Hall–Kier alpha value is -2.14. The second kappa shape index (κ2) is 7.62. The van der Waals surface area contributed by atoms with Crippen molar-refractivity contribution in [3.8, 4) is 0 Å². The van der Waals surface area contributed by atoms with Gasteiger partial charge in [0.25, 0.3) is 0 Å². The van der Waals surface area contributed by atoms with Crippen LogP contribution in [0.5, 0.6) is 0 Å². The minimum atomic E-state index is -0.282. The largest absolute Gasteiger partial charge is 0.393 e. The number of benzene rings is 1. The molecule has 1 aromatic rings. The number of rotatable bonds is 5. The van der Waals surface area contributed by atoms with Crippen molar-refractivity contribution in [2.75, 3.05) is 18.0 Å². The summed E-state index contributed by atoms with van der Waals surface area (Å²) in [5, 5.41) is 12.6. The van der Waals surface area contributed by atoms with Gasteiger partial charge < -0.3 is 15.3 Å². The lowest BCUT2D eigenvalue weighted by Crippen LogP contribution is -2.31. The second-order valence-electron chi connectivity index (χ2n) is 6.58. The van der Waals surface area contributed by atoms with Crippen molar-refractivity contribution in [3.05, 3.63) is 35.9 Å². The summed E-state index contributed by atoms with van der Waals surface area (Å²) in [6, 6.07) is 7.64. The number of anilines is 1. The Balaban J connectivity index is 1.50. The van der Waals surface area contributed by atoms with Crippen molar-refractivity contribution in [2.24, 2.45) is 5.92 Å². The summed E-state index contributed by atoms with van der Waals surface area (Å²) in [4.78, 5) is 25.4. The Labute approximate surface area is 142 Å². The zero-order valence-electron chi connectivity index (χ0n) is 13.8. The maximum absolute atomic E-state index is 11.9. The lowest BCUT2D eigenvalue weighted by Gasteiger charge is -2.15. The number of carbonyl (C=O) groups is 2. The molecule has 2 atom stereocenters. The number of nitrogens with one attached hydrogen (secondary N) is 1. The molecule has 0 spiro atoms.